The summed E-state index contributed by atoms with van der Waals surface area (Å²) < 4.78 is 18.8. The van der Waals surface area contributed by atoms with Crippen LogP contribution in [0.2, 0.25) is 0 Å². The number of hydrogen-bond acceptors (Lipinski definition) is 3. The normalized spacial score (nSPS) is 17.4. The number of benzene rings is 2. The lowest BCUT2D eigenvalue weighted by atomic mass is 9.93. The summed E-state index contributed by atoms with van der Waals surface area (Å²) in [6.07, 6.45) is 7.87. The summed E-state index contributed by atoms with van der Waals surface area (Å²) in [4.78, 5) is 14.6. The summed E-state index contributed by atoms with van der Waals surface area (Å²) in [5.74, 6) is 0.851. The van der Waals surface area contributed by atoms with Gasteiger partial charge in [0.25, 0.3) is 0 Å². The highest BCUT2D eigenvalue weighted by Crippen LogP contribution is 2.22. The van der Waals surface area contributed by atoms with Gasteiger partial charge in [-0.15, -0.1) is 0 Å². The molecule has 1 saturated heterocycles. The molecule has 1 aliphatic rings. The first-order chi connectivity index (χ1) is 14.1. The van der Waals surface area contributed by atoms with Crippen LogP contribution >= 0.6 is 0 Å². The van der Waals surface area contributed by atoms with Crippen molar-refractivity contribution in [2.45, 2.75) is 25.7 Å². The minimum Gasteiger partial charge on any atom is -0.497 e. The number of para-hydroxylation sites is 1. The van der Waals surface area contributed by atoms with Gasteiger partial charge in [0.05, 0.1) is 12.8 Å². The molecule has 154 valence electrons. The Balaban J connectivity index is 1.41. The van der Waals surface area contributed by atoms with Crippen LogP contribution in [-0.4, -0.2) is 37.6 Å². The molecule has 1 N–H and O–H groups in total. The number of carbonyl (C=O) groups is 1. The fourth-order valence-corrected chi connectivity index (χ4v) is 3.72. The van der Waals surface area contributed by atoms with Crippen molar-refractivity contribution in [3.05, 3.63) is 66.0 Å². The Morgan fingerprint density at radius 1 is 1.24 bits per heavy atom. The first kappa shape index (κ1) is 21.1. The van der Waals surface area contributed by atoms with Gasteiger partial charge in [-0.05, 0) is 61.6 Å². The van der Waals surface area contributed by atoms with Crippen LogP contribution in [-0.2, 0) is 4.79 Å². The lowest BCUT2D eigenvalue weighted by Gasteiger charge is -2.31. The van der Waals surface area contributed by atoms with Crippen LogP contribution in [0.15, 0.2) is 54.6 Å². The molecule has 2 aromatic carbocycles. The van der Waals surface area contributed by atoms with Gasteiger partial charge in [-0.3, -0.25) is 9.69 Å². The van der Waals surface area contributed by atoms with Gasteiger partial charge in [-0.25, -0.2) is 4.39 Å². The van der Waals surface area contributed by atoms with Crippen molar-refractivity contribution in [1.82, 2.24) is 4.90 Å². The number of ether oxygens (including phenoxy) is 1. The summed E-state index contributed by atoms with van der Waals surface area (Å²) in [6.45, 7) is 2.99. The number of likely N-dealkylation sites (tertiary alicyclic amines) is 1. The zero-order chi connectivity index (χ0) is 20.5. The molecule has 1 atom stereocenters. The van der Waals surface area contributed by atoms with Crippen molar-refractivity contribution < 1.29 is 13.9 Å². The third kappa shape index (κ3) is 6.71. The van der Waals surface area contributed by atoms with Crippen LogP contribution in [0.1, 0.15) is 31.2 Å². The average Bonchev–Trinajstić information content (AvgIpc) is 2.75. The third-order valence-corrected chi connectivity index (χ3v) is 5.32. The predicted molar refractivity (Wildman–Crippen MR) is 115 cm³/mol. The lowest BCUT2D eigenvalue weighted by Crippen LogP contribution is -2.35. The molecule has 2 aromatic rings. The second-order valence-electron chi connectivity index (χ2n) is 7.51. The second-order valence-corrected chi connectivity index (χ2v) is 7.51. The minimum absolute atomic E-state index is 0.119. The summed E-state index contributed by atoms with van der Waals surface area (Å²) in [5, 5.41) is 2.67. The van der Waals surface area contributed by atoms with Crippen molar-refractivity contribution in [2.24, 2.45) is 5.92 Å². The van der Waals surface area contributed by atoms with E-state index >= 15 is 0 Å². The molecule has 0 radical (unpaired) electrons. The van der Waals surface area contributed by atoms with Gasteiger partial charge in [0.15, 0.2) is 0 Å². The molecule has 1 heterocycles. The molecule has 5 heteroatoms. The van der Waals surface area contributed by atoms with Crippen LogP contribution in [0.3, 0.4) is 0 Å². The van der Waals surface area contributed by atoms with Gasteiger partial charge < -0.3 is 10.1 Å². The number of methoxy groups -OCH3 is 1. The molecule has 3 rings (SSSR count). The van der Waals surface area contributed by atoms with Gasteiger partial charge in [0.2, 0.25) is 5.91 Å². The van der Waals surface area contributed by atoms with Crippen molar-refractivity contribution in [3.8, 4) is 5.75 Å². The Labute approximate surface area is 172 Å². The largest absolute Gasteiger partial charge is 0.497 e. The van der Waals surface area contributed by atoms with E-state index in [1.807, 2.05) is 24.3 Å². The number of amides is 1. The Hall–Kier alpha value is -2.66. The topological polar surface area (TPSA) is 41.6 Å². The third-order valence-electron chi connectivity index (χ3n) is 5.32. The summed E-state index contributed by atoms with van der Waals surface area (Å²) in [6, 6.07) is 14.3. The SMILES string of the molecule is COc1ccc(/C=C/CN2CCCC(CCC(=O)Nc3ccccc3F)C2)cc1. The van der Waals surface area contributed by atoms with E-state index in [-0.39, 0.29) is 11.6 Å². The highest BCUT2D eigenvalue weighted by Gasteiger charge is 2.20. The minimum atomic E-state index is -0.395. The Morgan fingerprint density at radius 3 is 2.79 bits per heavy atom. The van der Waals surface area contributed by atoms with E-state index in [1.54, 1.807) is 25.3 Å². The fraction of sp³-hybridized carbons (Fsp3) is 0.375. The van der Waals surface area contributed by atoms with Crippen molar-refractivity contribution in [1.29, 1.82) is 0 Å². The summed E-state index contributed by atoms with van der Waals surface area (Å²) in [7, 11) is 1.67. The quantitative estimate of drug-likeness (QED) is 0.684. The van der Waals surface area contributed by atoms with Crippen molar-refractivity contribution in [3.63, 3.8) is 0 Å². The van der Waals surface area contributed by atoms with E-state index in [4.69, 9.17) is 4.74 Å². The van der Waals surface area contributed by atoms with Gasteiger partial charge in [-0.1, -0.05) is 36.4 Å². The molecule has 1 unspecified atom stereocenters. The highest BCUT2D eigenvalue weighted by atomic mass is 19.1. The zero-order valence-electron chi connectivity index (χ0n) is 16.9. The molecule has 0 aliphatic carbocycles. The number of carbonyl (C=O) groups excluding carboxylic acids is 1. The van der Waals surface area contributed by atoms with E-state index in [9.17, 15) is 9.18 Å². The van der Waals surface area contributed by atoms with E-state index in [0.717, 1.165) is 50.2 Å². The van der Waals surface area contributed by atoms with Crippen LogP contribution in [0.5, 0.6) is 5.75 Å². The Morgan fingerprint density at radius 2 is 2.03 bits per heavy atom. The Bertz CT molecular complexity index is 820. The van der Waals surface area contributed by atoms with Crippen LogP contribution in [0, 0.1) is 11.7 Å². The van der Waals surface area contributed by atoms with Crippen LogP contribution in [0.25, 0.3) is 6.08 Å². The van der Waals surface area contributed by atoms with Crippen LogP contribution < -0.4 is 10.1 Å². The molecular weight excluding hydrogens is 367 g/mol. The molecule has 4 nitrogen and oxygen atoms in total. The molecular formula is C24H29FN2O2. The molecule has 0 bridgehead atoms. The van der Waals surface area contributed by atoms with Gasteiger partial charge >= 0.3 is 0 Å². The molecule has 1 fully saturated rings. The number of anilines is 1. The highest BCUT2D eigenvalue weighted by molar-refractivity contribution is 5.90. The maximum atomic E-state index is 13.6. The van der Waals surface area contributed by atoms with Gasteiger partial charge in [0, 0.05) is 19.5 Å². The molecule has 0 aromatic heterocycles. The van der Waals surface area contributed by atoms with Gasteiger partial charge in [-0.2, -0.15) is 0 Å². The fourth-order valence-electron chi connectivity index (χ4n) is 3.72. The van der Waals surface area contributed by atoms with E-state index in [1.165, 1.54) is 6.07 Å². The number of piperidine rings is 1. The first-order valence-corrected chi connectivity index (χ1v) is 10.2. The second kappa shape index (κ2) is 10.8. The van der Waals surface area contributed by atoms with Gasteiger partial charge in [0.1, 0.15) is 11.6 Å². The monoisotopic (exact) mass is 396 g/mol. The standard InChI is InChI=1S/C24H29FN2O2/c1-29-21-13-10-19(11-14-21)6-4-16-27-17-5-7-20(18-27)12-15-24(28)26-23-9-3-2-8-22(23)25/h2-4,6,8-11,13-14,20H,5,7,12,15-18H2,1H3,(H,26,28)/b6-4+. The first-order valence-electron chi connectivity index (χ1n) is 10.2. The zero-order valence-corrected chi connectivity index (χ0v) is 16.9. The van der Waals surface area contributed by atoms with Crippen LogP contribution in [0.4, 0.5) is 10.1 Å². The number of halogens is 1. The number of nitrogens with one attached hydrogen (secondary N) is 1. The lowest BCUT2D eigenvalue weighted by molar-refractivity contribution is -0.116. The number of hydrogen-bond donors (Lipinski definition) is 1. The number of nitrogens with zero attached hydrogens (tertiary/aromatic N) is 1. The molecule has 29 heavy (non-hydrogen) atoms. The predicted octanol–water partition coefficient (Wildman–Crippen LogP) is 4.98. The van der Waals surface area contributed by atoms with E-state index < -0.39 is 5.82 Å². The molecule has 0 saturated carbocycles. The average molecular weight is 397 g/mol. The van der Waals surface area contributed by atoms with E-state index in [0.29, 0.717) is 12.3 Å². The number of rotatable bonds is 8. The molecule has 1 aliphatic heterocycles. The van der Waals surface area contributed by atoms with Crippen molar-refractivity contribution in [2.75, 3.05) is 32.1 Å². The molecule has 0 spiro atoms. The molecule has 1 amide bonds. The smallest absolute Gasteiger partial charge is 0.224 e. The Kier molecular flexibility index (Phi) is 7.82. The maximum Gasteiger partial charge on any atom is 0.224 e. The summed E-state index contributed by atoms with van der Waals surface area (Å²) >= 11 is 0. The van der Waals surface area contributed by atoms with Crippen molar-refractivity contribution >= 4 is 17.7 Å². The van der Waals surface area contributed by atoms with E-state index in [2.05, 4.69) is 22.4 Å². The maximum absolute atomic E-state index is 13.6. The summed E-state index contributed by atoms with van der Waals surface area (Å²) in [5.41, 5.74) is 1.41.